The number of rotatable bonds is 7. The van der Waals surface area contributed by atoms with Crippen LogP contribution in [0.3, 0.4) is 0 Å². The highest BCUT2D eigenvalue weighted by Gasteiger charge is 2.28. The first-order valence-corrected chi connectivity index (χ1v) is 10.8. The zero-order chi connectivity index (χ0) is 19.0. The van der Waals surface area contributed by atoms with Crippen molar-refractivity contribution in [1.29, 1.82) is 0 Å². The number of ether oxygens (including phenoxy) is 1. The number of likely N-dealkylation sites (tertiary alicyclic amines) is 1. The smallest absolute Gasteiger partial charge is 0.410 e. The molecule has 1 amide bonds. The molecule has 0 aromatic heterocycles. The summed E-state index contributed by atoms with van der Waals surface area (Å²) < 4.78 is 5.51. The summed E-state index contributed by atoms with van der Waals surface area (Å²) in [6.07, 6.45) is 10.1. The molecule has 2 aliphatic rings. The Labute approximate surface area is 160 Å². The molecule has 0 radical (unpaired) electrons. The maximum absolute atomic E-state index is 12.2. The maximum Gasteiger partial charge on any atom is 0.410 e. The Bertz CT molecular complexity index is 408. The molecule has 0 unspecified atom stereocenters. The molecule has 1 saturated carbocycles. The van der Waals surface area contributed by atoms with Gasteiger partial charge < -0.3 is 20.3 Å². The molecule has 0 atom stereocenters. The van der Waals surface area contributed by atoms with E-state index in [4.69, 9.17) is 10.5 Å². The van der Waals surface area contributed by atoms with Gasteiger partial charge in [-0.15, -0.1) is 0 Å². The lowest BCUT2D eigenvalue weighted by Crippen LogP contribution is -2.44. The Morgan fingerprint density at radius 2 is 1.62 bits per heavy atom. The van der Waals surface area contributed by atoms with Crippen LogP contribution in [0.1, 0.15) is 72.1 Å². The van der Waals surface area contributed by atoms with Gasteiger partial charge in [-0.3, -0.25) is 0 Å². The molecular formula is C21H41N3O2. The number of hydrogen-bond donors (Lipinski definition) is 1. The predicted octanol–water partition coefficient (Wildman–Crippen LogP) is 3.86. The van der Waals surface area contributed by atoms with Crippen LogP contribution in [0.2, 0.25) is 0 Å². The predicted molar refractivity (Wildman–Crippen MR) is 107 cm³/mol. The number of carbonyl (C=O) groups is 1. The van der Waals surface area contributed by atoms with Crippen LogP contribution in [0, 0.1) is 11.8 Å². The highest BCUT2D eigenvalue weighted by molar-refractivity contribution is 5.68. The maximum atomic E-state index is 12.2. The lowest BCUT2D eigenvalue weighted by Gasteiger charge is -2.37. The molecule has 0 spiro atoms. The Morgan fingerprint density at radius 1 is 1.04 bits per heavy atom. The number of amides is 1. The number of carbonyl (C=O) groups excluding carboxylic acids is 1. The van der Waals surface area contributed by atoms with Gasteiger partial charge in [-0.2, -0.15) is 0 Å². The van der Waals surface area contributed by atoms with Gasteiger partial charge in [-0.1, -0.05) is 19.3 Å². The largest absolute Gasteiger partial charge is 0.444 e. The molecular weight excluding hydrogens is 326 g/mol. The molecule has 2 fully saturated rings. The van der Waals surface area contributed by atoms with Gasteiger partial charge in [0.05, 0.1) is 0 Å². The lowest BCUT2D eigenvalue weighted by molar-refractivity contribution is 0.0166. The van der Waals surface area contributed by atoms with E-state index in [-0.39, 0.29) is 6.09 Å². The minimum atomic E-state index is -0.410. The Hall–Kier alpha value is -0.810. The molecule has 5 heteroatoms. The zero-order valence-corrected chi connectivity index (χ0v) is 17.3. The van der Waals surface area contributed by atoms with Crippen molar-refractivity contribution in [3.8, 4) is 0 Å². The second kappa shape index (κ2) is 10.5. The Kier molecular flexibility index (Phi) is 8.68. The van der Waals surface area contributed by atoms with Gasteiger partial charge in [0, 0.05) is 26.2 Å². The number of nitrogens with two attached hydrogens (primary N) is 1. The summed E-state index contributed by atoms with van der Waals surface area (Å²) in [6, 6.07) is 0. The van der Waals surface area contributed by atoms with Gasteiger partial charge in [0.1, 0.15) is 5.60 Å². The molecule has 0 aromatic carbocycles. The van der Waals surface area contributed by atoms with Crippen molar-refractivity contribution in [2.24, 2.45) is 17.6 Å². The summed E-state index contributed by atoms with van der Waals surface area (Å²) >= 11 is 0. The number of piperidine rings is 1. The number of nitrogens with zero attached hydrogens (tertiary/aromatic N) is 2. The fraction of sp³-hybridized carbons (Fsp3) is 0.952. The molecule has 1 aliphatic carbocycles. The van der Waals surface area contributed by atoms with E-state index in [9.17, 15) is 4.79 Å². The van der Waals surface area contributed by atoms with Crippen LogP contribution in [-0.4, -0.2) is 60.8 Å². The van der Waals surface area contributed by atoms with E-state index in [0.717, 1.165) is 51.4 Å². The average Bonchev–Trinajstić information content (AvgIpc) is 2.59. The van der Waals surface area contributed by atoms with Crippen molar-refractivity contribution >= 4 is 6.09 Å². The van der Waals surface area contributed by atoms with Gasteiger partial charge in [0.25, 0.3) is 0 Å². The third-order valence-electron chi connectivity index (χ3n) is 5.70. The minimum Gasteiger partial charge on any atom is -0.444 e. The second-order valence-electron chi connectivity index (χ2n) is 9.32. The van der Waals surface area contributed by atoms with Crippen LogP contribution in [0.25, 0.3) is 0 Å². The average molecular weight is 368 g/mol. The van der Waals surface area contributed by atoms with E-state index >= 15 is 0 Å². The standard InChI is InChI=1S/C21H41N3O2/c1-21(2,3)26-20(25)24-14-10-19(11-15-24)17-23(13-7-12-22)16-18-8-5-4-6-9-18/h18-19H,4-17,22H2,1-3H3. The minimum absolute atomic E-state index is 0.154. The van der Waals surface area contributed by atoms with Crippen LogP contribution in [0.4, 0.5) is 4.79 Å². The summed E-state index contributed by atoms with van der Waals surface area (Å²) in [5.74, 6) is 1.57. The summed E-state index contributed by atoms with van der Waals surface area (Å²) in [6.45, 7) is 11.7. The molecule has 0 aromatic rings. The van der Waals surface area contributed by atoms with E-state index in [1.54, 1.807) is 0 Å². The summed E-state index contributed by atoms with van der Waals surface area (Å²) in [7, 11) is 0. The van der Waals surface area contributed by atoms with Crippen molar-refractivity contribution in [3.05, 3.63) is 0 Å². The summed E-state index contributed by atoms with van der Waals surface area (Å²) in [5.41, 5.74) is 5.35. The van der Waals surface area contributed by atoms with Crippen molar-refractivity contribution < 1.29 is 9.53 Å². The topological polar surface area (TPSA) is 58.8 Å². The van der Waals surface area contributed by atoms with E-state index in [0.29, 0.717) is 5.92 Å². The fourth-order valence-corrected chi connectivity index (χ4v) is 4.30. The van der Waals surface area contributed by atoms with Crippen LogP contribution in [0.15, 0.2) is 0 Å². The normalized spacial score (nSPS) is 20.6. The lowest BCUT2D eigenvalue weighted by atomic mass is 9.88. The molecule has 26 heavy (non-hydrogen) atoms. The van der Waals surface area contributed by atoms with Crippen molar-refractivity contribution in [2.45, 2.75) is 77.7 Å². The third-order valence-corrected chi connectivity index (χ3v) is 5.70. The van der Waals surface area contributed by atoms with Crippen molar-refractivity contribution in [2.75, 3.05) is 39.3 Å². The van der Waals surface area contributed by atoms with Gasteiger partial charge in [-0.05, 0) is 77.8 Å². The SMILES string of the molecule is CC(C)(C)OC(=O)N1CCC(CN(CCCN)CC2CCCCC2)CC1. The molecule has 2 N–H and O–H groups in total. The monoisotopic (exact) mass is 367 g/mol. The highest BCUT2D eigenvalue weighted by atomic mass is 16.6. The molecule has 5 nitrogen and oxygen atoms in total. The van der Waals surface area contributed by atoms with Crippen LogP contribution >= 0.6 is 0 Å². The Morgan fingerprint density at radius 3 is 2.15 bits per heavy atom. The third kappa shape index (κ3) is 7.83. The van der Waals surface area contributed by atoms with Gasteiger partial charge in [0.15, 0.2) is 0 Å². The van der Waals surface area contributed by atoms with Crippen LogP contribution in [-0.2, 0) is 4.74 Å². The summed E-state index contributed by atoms with van der Waals surface area (Å²) in [5, 5.41) is 0. The molecule has 0 bridgehead atoms. The molecule has 2 rings (SSSR count). The molecule has 1 heterocycles. The second-order valence-corrected chi connectivity index (χ2v) is 9.32. The first-order valence-electron chi connectivity index (χ1n) is 10.8. The first kappa shape index (κ1) is 21.5. The van der Waals surface area contributed by atoms with Crippen LogP contribution < -0.4 is 5.73 Å². The van der Waals surface area contributed by atoms with Crippen molar-refractivity contribution in [1.82, 2.24) is 9.80 Å². The van der Waals surface area contributed by atoms with Gasteiger partial charge in [0.2, 0.25) is 0 Å². The van der Waals surface area contributed by atoms with Gasteiger partial charge >= 0.3 is 6.09 Å². The Balaban J connectivity index is 1.77. The van der Waals surface area contributed by atoms with Gasteiger partial charge in [-0.25, -0.2) is 4.79 Å². The van der Waals surface area contributed by atoms with E-state index < -0.39 is 5.60 Å². The van der Waals surface area contributed by atoms with E-state index in [1.165, 1.54) is 45.2 Å². The summed E-state index contributed by atoms with van der Waals surface area (Å²) in [4.78, 5) is 16.8. The fourth-order valence-electron chi connectivity index (χ4n) is 4.30. The molecule has 1 saturated heterocycles. The number of hydrogen-bond acceptors (Lipinski definition) is 4. The van der Waals surface area contributed by atoms with Crippen LogP contribution in [0.5, 0.6) is 0 Å². The molecule has 152 valence electrons. The quantitative estimate of drug-likeness (QED) is 0.742. The van der Waals surface area contributed by atoms with E-state index in [2.05, 4.69) is 4.90 Å². The highest BCUT2D eigenvalue weighted by Crippen LogP contribution is 2.26. The zero-order valence-electron chi connectivity index (χ0n) is 17.3. The van der Waals surface area contributed by atoms with E-state index in [1.807, 2.05) is 25.7 Å². The first-order chi connectivity index (χ1) is 12.4. The van der Waals surface area contributed by atoms with Crippen molar-refractivity contribution in [3.63, 3.8) is 0 Å². The molecule has 1 aliphatic heterocycles.